The molecule has 4 unspecified atom stereocenters. The van der Waals surface area contributed by atoms with Crippen LogP contribution < -0.4 is 0 Å². The lowest BCUT2D eigenvalue weighted by Gasteiger charge is -2.21. The van der Waals surface area contributed by atoms with E-state index in [1.54, 1.807) is 14.2 Å². The summed E-state index contributed by atoms with van der Waals surface area (Å²) in [4.78, 5) is 0. The van der Waals surface area contributed by atoms with Crippen LogP contribution in [0.5, 0.6) is 0 Å². The summed E-state index contributed by atoms with van der Waals surface area (Å²) in [6.45, 7) is 4.52. The zero-order chi connectivity index (χ0) is 14.7. The van der Waals surface area contributed by atoms with E-state index < -0.39 is 12.6 Å². The van der Waals surface area contributed by atoms with Gasteiger partial charge in [-0.1, -0.05) is 13.8 Å². The maximum atomic E-state index is 9.59. The van der Waals surface area contributed by atoms with Crippen LogP contribution in [-0.4, -0.2) is 62.4 Å². The Balaban J connectivity index is 3.76. The summed E-state index contributed by atoms with van der Waals surface area (Å²) in [5.74, 6) is 0. The quantitative estimate of drug-likeness (QED) is 0.517. The Bertz CT molecular complexity index is 174. The van der Waals surface area contributed by atoms with E-state index in [1.807, 2.05) is 13.8 Å². The van der Waals surface area contributed by atoms with E-state index in [9.17, 15) is 10.2 Å². The van der Waals surface area contributed by atoms with Crippen molar-refractivity contribution < 1.29 is 29.2 Å². The SMILES string of the molecule is CCC(COC(O)CC(O)OCC(CC)OC)OC. The lowest BCUT2D eigenvalue weighted by atomic mass is 10.3. The molecule has 2 N–H and O–H groups in total. The van der Waals surface area contributed by atoms with Crippen LogP contribution in [0, 0.1) is 0 Å². The van der Waals surface area contributed by atoms with Gasteiger partial charge in [0.25, 0.3) is 0 Å². The summed E-state index contributed by atoms with van der Waals surface area (Å²) < 4.78 is 20.6. The summed E-state index contributed by atoms with van der Waals surface area (Å²) in [5, 5.41) is 19.2. The van der Waals surface area contributed by atoms with Crippen LogP contribution in [0.4, 0.5) is 0 Å². The van der Waals surface area contributed by atoms with Crippen LogP contribution in [0.25, 0.3) is 0 Å². The molecule has 19 heavy (non-hydrogen) atoms. The average molecular weight is 280 g/mol. The Morgan fingerprint density at radius 3 is 1.42 bits per heavy atom. The van der Waals surface area contributed by atoms with Crippen LogP contribution in [0.1, 0.15) is 33.1 Å². The monoisotopic (exact) mass is 280 g/mol. The first-order chi connectivity index (χ1) is 9.07. The third kappa shape index (κ3) is 9.32. The van der Waals surface area contributed by atoms with Gasteiger partial charge in [-0.05, 0) is 12.8 Å². The fourth-order valence-electron chi connectivity index (χ4n) is 1.45. The van der Waals surface area contributed by atoms with Crippen molar-refractivity contribution in [2.45, 2.75) is 57.9 Å². The molecule has 0 saturated heterocycles. The zero-order valence-corrected chi connectivity index (χ0v) is 12.4. The van der Waals surface area contributed by atoms with E-state index >= 15 is 0 Å². The van der Waals surface area contributed by atoms with Crippen molar-refractivity contribution >= 4 is 0 Å². The highest BCUT2D eigenvalue weighted by molar-refractivity contribution is 4.56. The summed E-state index contributed by atoms with van der Waals surface area (Å²) >= 11 is 0. The molecular formula is C13H28O6. The van der Waals surface area contributed by atoms with Crippen molar-refractivity contribution in [2.24, 2.45) is 0 Å². The second-order valence-electron chi connectivity index (χ2n) is 4.34. The van der Waals surface area contributed by atoms with Crippen molar-refractivity contribution in [1.29, 1.82) is 0 Å². The van der Waals surface area contributed by atoms with E-state index in [2.05, 4.69) is 0 Å². The number of hydrogen-bond donors (Lipinski definition) is 2. The van der Waals surface area contributed by atoms with Gasteiger partial charge in [0, 0.05) is 20.6 Å². The molecule has 4 atom stereocenters. The molecule has 116 valence electrons. The van der Waals surface area contributed by atoms with Gasteiger partial charge in [0.1, 0.15) is 0 Å². The van der Waals surface area contributed by atoms with Gasteiger partial charge in [0.05, 0.1) is 25.4 Å². The highest BCUT2D eigenvalue weighted by Crippen LogP contribution is 2.06. The van der Waals surface area contributed by atoms with E-state index in [0.717, 1.165) is 12.8 Å². The Kier molecular flexibility index (Phi) is 11.4. The second-order valence-corrected chi connectivity index (χ2v) is 4.34. The largest absolute Gasteiger partial charge is 0.379 e. The molecule has 0 rings (SSSR count). The van der Waals surface area contributed by atoms with E-state index in [4.69, 9.17) is 18.9 Å². The molecule has 0 aliphatic heterocycles. The number of hydrogen-bond acceptors (Lipinski definition) is 6. The smallest absolute Gasteiger partial charge is 0.159 e. The van der Waals surface area contributed by atoms with Crippen LogP contribution >= 0.6 is 0 Å². The predicted molar refractivity (Wildman–Crippen MR) is 70.7 cm³/mol. The summed E-state index contributed by atoms with van der Waals surface area (Å²) in [5.41, 5.74) is 0. The Labute approximate surface area is 115 Å². The lowest BCUT2D eigenvalue weighted by molar-refractivity contribution is -0.192. The normalized spacial score (nSPS) is 18.0. The Hall–Kier alpha value is -0.240. The Morgan fingerprint density at radius 1 is 0.789 bits per heavy atom. The third-order valence-electron chi connectivity index (χ3n) is 2.93. The fraction of sp³-hybridized carbons (Fsp3) is 1.00. The first-order valence-electron chi connectivity index (χ1n) is 6.72. The minimum Gasteiger partial charge on any atom is -0.379 e. The summed E-state index contributed by atoms with van der Waals surface area (Å²) in [7, 11) is 3.19. The molecule has 0 heterocycles. The molecule has 6 heteroatoms. The van der Waals surface area contributed by atoms with E-state index in [0.29, 0.717) is 0 Å². The average Bonchev–Trinajstić information content (AvgIpc) is 2.41. The van der Waals surface area contributed by atoms with Crippen LogP contribution in [0.3, 0.4) is 0 Å². The van der Waals surface area contributed by atoms with Crippen molar-refractivity contribution in [2.75, 3.05) is 27.4 Å². The number of aliphatic hydroxyl groups is 2. The molecule has 0 spiro atoms. The highest BCUT2D eigenvalue weighted by atomic mass is 16.6. The first-order valence-corrected chi connectivity index (χ1v) is 6.72. The number of ether oxygens (including phenoxy) is 4. The molecule has 6 nitrogen and oxygen atoms in total. The van der Waals surface area contributed by atoms with Gasteiger partial charge < -0.3 is 29.2 Å². The summed E-state index contributed by atoms with van der Waals surface area (Å²) in [6, 6.07) is 0. The molecule has 0 aliphatic rings. The molecular weight excluding hydrogens is 252 g/mol. The maximum Gasteiger partial charge on any atom is 0.159 e. The molecule has 0 radical (unpaired) electrons. The number of methoxy groups -OCH3 is 2. The molecule has 0 amide bonds. The molecule has 0 fully saturated rings. The van der Waals surface area contributed by atoms with Crippen LogP contribution in [0.15, 0.2) is 0 Å². The number of rotatable bonds is 12. The predicted octanol–water partition coefficient (Wildman–Crippen LogP) is 0.896. The summed E-state index contributed by atoms with van der Waals surface area (Å²) in [6.07, 6.45) is -0.636. The Morgan fingerprint density at radius 2 is 1.16 bits per heavy atom. The molecule has 0 bridgehead atoms. The maximum absolute atomic E-state index is 9.59. The van der Waals surface area contributed by atoms with Gasteiger partial charge in [0.2, 0.25) is 0 Å². The molecule has 0 aromatic carbocycles. The molecule has 0 saturated carbocycles. The van der Waals surface area contributed by atoms with Gasteiger partial charge in [-0.3, -0.25) is 0 Å². The van der Waals surface area contributed by atoms with Gasteiger partial charge in [-0.25, -0.2) is 0 Å². The lowest BCUT2D eigenvalue weighted by Crippen LogP contribution is -2.29. The van der Waals surface area contributed by atoms with Crippen molar-refractivity contribution in [3.05, 3.63) is 0 Å². The fourth-order valence-corrected chi connectivity index (χ4v) is 1.45. The van der Waals surface area contributed by atoms with Crippen LogP contribution in [0.2, 0.25) is 0 Å². The van der Waals surface area contributed by atoms with Gasteiger partial charge >= 0.3 is 0 Å². The van der Waals surface area contributed by atoms with Crippen molar-refractivity contribution in [1.82, 2.24) is 0 Å². The third-order valence-corrected chi connectivity index (χ3v) is 2.93. The molecule has 0 aliphatic carbocycles. The zero-order valence-electron chi connectivity index (χ0n) is 12.4. The van der Waals surface area contributed by atoms with E-state index in [1.165, 1.54) is 0 Å². The first kappa shape index (κ1) is 18.8. The molecule has 0 aromatic rings. The van der Waals surface area contributed by atoms with Crippen LogP contribution in [-0.2, 0) is 18.9 Å². The standard InChI is InChI=1S/C13H28O6/c1-5-10(16-3)8-18-12(14)7-13(15)19-9-11(6-2)17-4/h10-15H,5-9H2,1-4H3. The minimum atomic E-state index is -1.07. The topological polar surface area (TPSA) is 77.4 Å². The van der Waals surface area contributed by atoms with Gasteiger partial charge in [-0.2, -0.15) is 0 Å². The number of aliphatic hydroxyl groups excluding tert-OH is 2. The van der Waals surface area contributed by atoms with Crippen molar-refractivity contribution in [3.63, 3.8) is 0 Å². The highest BCUT2D eigenvalue weighted by Gasteiger charge is 2.16. The minimum absolute atomic E-state index is 0.000295. The van der Waals surface area contributed by atoms with Crippen molar-refractivity contribution in [3.8, 4) is 0 Å². The molecule has 0 aromatic heterocycles. The van der Waals surface area contributed by atoms with E-state index in [-0.39, 0.29) is 31.8 Å². The van der Waals surface area contributed by atoms with Gasteiger partial charge in [-0.15, -0.1) is 0 Å². The second kappa shape index (κ2) is 11.6. The van der Waals surface area contributed by atoms with Gasteiger partial charge in [0.15, 0.2) is 12.6 Å².